The minimum atomic E-state index is -0.152. The summed E-state index contributed by atoms with van der Waals surface area (Å²) in [7, 11) is 0. The summed E-state index contributed by atoms with van der Waals surface area (Å²) in [6, 6.07) is 25.0. The summed E-state index contributed by atoms with van der Waals surface area (Å²) >= 11 is 0. The van der Waals surface area contributed by atoms with Crippen LogP contribution in [0.2, 0.25) is 0 Å². The van der Waals surface area contributed by atoms with Gasteiger partial charge in [0, 0.05) is 24.1 Å². The molecule has 0 radical (unpaired) electrons. The number of benzene rings is 2. The highest BCUT2D eigenvalue weighted by Gasteiger charge is 2.24. The summed E-state index contributed by atoms with van der Waals surface area (Å²) in [6.07, 6.45) is 3.14. The molecule has 7 nitrogen and oxygen atoms in total. The molecule has 1 aliphatic heterocycles. The number of imide groups is 1. The van der Waals surface area contributed by atoms with Crippen molar-refractivity contribution in [3.05, 3.63) is 95.7 Å². The molecule has 0 spiro atoms. The van der Waals surface area contributed by atoms with Gasteiger partial charge >= 0.3 is 0 Å². The van der Waals surface area contributed by atoms with E-state index in [9.17, 15) is 14.4 Å². The average molecular weight is 541 g/mol. The number of piperidine rings is 1. The van der Waals surface area contributed by atoms with Crippen LogP contribution in [0.5, 0.6) is 0 Å². The normalized spacial score (nSPS) is 14.2. The Morgan fingerprint density at radius 2 is 1.43 bits per heavy atom. The number of hydrogen-bond donors (Lipinski definition) is 1. The molecule has 1 aliphatic rings. The van der Waals surface area contributed by atoms with Gasteiger partial charge in [-0.15, -0.1) is 0 Å². The van der Waals surface area contributed by atoms with E-state index in [1.165, 1.54) is 4.90 Å². The van der Waals surface area contributed by atoms with Crippen LogP contribution in [0.15, 0.2) is 78.9 Å². The Labute approximate surface area is 237 Å². The van der Waals surface area contributed by atoms with Crippen LogP contribution in [0.1, 0.15) is 55.8 Å². The molecule has 3 aromatic rings. The Bertz CT molecular complexity index is 1200. The lowest BCUT2D eigenvalue weighted by Gasteiger charge is -2.32. The van der Waals surface area contributed by atoms with Gasteiger partial charge in [-0.05, 0) is 62.2 Å². The zero-order valence-electron chi connectivity index (χ0n) is 23.6. The van der Waals surface area contributed by atoms with Gasteiger partial charge in [0.1, 0.15) is 5.82 Å². The zero-order chi connectivity index (χ0) is 28.3. The molecule has 4 rings (SSSR count). The molecule has 1 saturated heterocycles. The van der Waals surface area contributed by atoms with E-state index in [4.69, 9.17) is 4.98 Å². The van der Waals surface area contributed by atoms with Crippen molar-refractivity contribution < 1.29 is 14.4 Å². The van der Waals surface area contributed by atoms with Gasteiger partial charge in [-0.3, -0.25) is 19.3 Å². The minimum Gasteiger partial charge on any atom is -0.310 e. The Morgan fingerprint density at radius 3 is 1.98 bits per heavy atom. The molecule has 2 heterocycles. The van der Waals surface area contributed by atoms with E-state index in [0.29, 0.717) is 18.3 Å². The molecular weight excluding hydrogens is 500 g/mol. The molecule has 2 aromatic carbocycles. The topological polar surface area (TPSA) is 82.6 Å². The summed E-state index contributed by atoms with van der Waals surface area (Å²) in [4.78, 5) is 47.0. The van der Waals surface area contributed by atoms with Crippen LogP contribution in [0.4, 0.5) is 5.82 Å². The second-order valence-electron chi connectivity index (χ2n) is 10.8. The summed E-state index contributed by atoms with van der Waals surface area (Å²) < 4.78 is 0. The third-order valence-electron chi connectivity index (χ3n) is 7.41. The lowest BCUT2D eigenvalue weighted by molar-refractivity contribution is -0.144. The van der Waals surface area contributed by atoms with Crippen LogP contribution in [0, 0.1) is 5.92 Å². The molecule has 0 aliphatic carbocycles. The molecule has 7 heteroatoms. The largest absolute Gasteiger partial charge is 0.310 e. The zero-order valence-corrected chi connectivity index (χ0v) is 23.6. The first-order chi connectivity index (χ1) is 19.4. The second kappa shape index (κ2) is 14.5. The van der Waals surface area contributed by atoms with Crippen molar-refractivity contribution in [2.24, 2.45) is 5.92 Å². The van der Waals surface area contributed by atoms with Crippen LogP contribution in [-0.4, -0.2) is 58.7 Å². The number of hydrogen-bond acceptors (Lipinski definition) is 5. The third-order valence-corrected chi connectivity index (χ3v) is 7.41. The van der Waals surface area contributed by atoms with Crippen molar-refractivity contribution >= 4 is 23.5 Å². The third kappa shape index (κ3) is 8.58. The highest BCUT2D eigenvalue weighted by Crippen LogP contribution is 2.27. The number of pyridine rings is 1. The first kappa shape index (κ1) is 29.2. The molecule has 0 saturated carbocycles. The van der Waals surface area contributed by atoms with E-state index in [2.05, 4.69) is 10.2 Å². The summed E-state index contributed by atoms with van der Waals surface area (Å²) in [5.74, 6) is 0.537. The smallest absolute Gasteiger partial charge is 0.233 e. The lowest BCUT2D eigenvalue weighted by atomic mass is 9.93. The number of rotatable bonds is 11. The molecule has 3 amide bonds. The van der Waals surface area contributed by atoms with Crippen molar-refractivity contribution in [3.63, 3.8) is 0 Å². The van der Waals surface area contributed by atoms with E-state index in [-0.39, 0.29) is 36.5 Å². The molecule has 210 valence electrons. The molecule has 40 heavy (non-hydrogen) atoms. The van der Waals surface area contributed by atoms with Gasteiger partial charge in [0.15, 0.2) is 0 Å². The standard InChI is InChI=1S/C33H40N4O3/c1-25(2)33(40)35-30-16-9-15-29(34-30)28-17-21-36(22-18-28)19-10-20-37(31(38)23-26-11-5-3-6-12-26)32(39)24-27-13-7-4-8-14-27/h3-9,11-16,25,28H,10,17-24H2,1-2H3,(H,34,35,40). The van der Waals surface area contributed by atoms with Crippen molar-refractivity contribution in [1.82, 2.24) is 14.8 Å². The quantitative estimate of drug-likeness (QED) is 0.367. The van der Waals surface area contributed by atoms with Crippen molar-refractivity contribution in [2.45, 2.75) is 51.9 Å². The van der Waals surface area contributed by atoms with Crippen LogP contribution in [0.3, 0.4) is 0 Å². The fourth-order valence-corrected chi connectivity index (χ4v) is 5.04. The Balaban J connectivity index is 1.30. The number of aromatic nitrogens is 1. The minimum absolute atomic E-state index is 0.0296. The molecule has 1 aromatic heterocycles. The maximum atomic E-state index is 13.2. The van der Waals surface area contributed by atoms with Crippen molar-refractivity contribution in [2.75, 3.05) is 31.5 Å². The summed E-state index contributed by atoms with van der Waals surface area (Å²) in [6.45, 7) is 6.85. The van der Waals surface area contributed by atoms with E-state index in [0.717, 1.165) is 55.7 Å². The molecule has 0 unspecified atom stereocenters. The van der Waals surface area contributed by atoms with E-state index < -0.39 is 0 Å². The van der Waals surface area contributed by atoms with E-state index in [1.54, 1.807) is 0 Å². The second-order valence-corrected chi connectivity index (χ2v) is 10.8. The first-order valence-corrected chi connectivity index (χ1v) is 14.3. The van der Waals surface area contributed by atoms with Crippen molar-refractivity contribution in [1.29, 1.82) is 0 Å². The van der Waals surface area contributed by atoms with Gasteiger partial charge in [-0.2, -0.15) is 0 Å². The molecule has 0 atom stereocenters. The maximum Gasteiger partial charge on any atom is 0.233 e. The highest BCUT2D eigenvalue weighted by molar-refractivity contribution is 5.97. The SMILES string of the molecule is CC(C)C(=O)Nc1cccc(C2CCN(CCCN(C(=O)Cc3ccccc3)C(=O)Cc3ccccc3)CC2)n1. The summed E-state index contributed by atoms with van der Waals surface area (Å²) in [5.41, 5.74) is 2.84. The number of nitrogens with one attached hydrogen (secondary N) is 1. The maximum absolute atomic E-state index is 13.2. The molecule has 1 N–H and O–H groups in total. The van der Waals surface area contributed by atoms with Gasteiger partial charge in [-0.1, -0.05) is 80.6 Å². The average Bonchev–Trinajstić information content (AvgIpc) is 2.96. The number of amides is 3. The fourth-order valence-electron chi connectivity index (χ4n) is 5.04. The molecule has 1 fully saturated rings. The monoisotopic (exact) mass is 540 g/mol. The molecular formula is C33H40N4O3. The summed E-state index contributed by atoms with van der Waals surface area (Å²) in [5, 5.41) is 2.90. The Hall–Kier alpha value is -3.84. The van der Waals surface area contributed by atoms with Crippen LogP contribution in [0.25, 0.3) is 0 Å². The lowest BCUT2D eigenvalue weighted by Crippen LogP contribution is -2.41. The van der Waals surface area contributed by atoms with Crippen molar-refractivity contribution in [3.8, 4) is 0 Å². The van der Waals surface area contributed by atoms with Gasteiger partial charge < -0.3 is 10.2 Å². The van der Waals surface area contributed by atoms with E-state index >= 15 is 0 Å². The number of carbonyl (C=O) groups excluding carboxylic acids is 3. The number of carbonyl (C=O) groups is 3. The number of nitrogens with zero attached hydrogens (tertiary/aromatic N) is 3. The first-order valence-electron chi connectivity index (χ1n) is 14.3. The van der Waals surface area contributed by atoms with Crippen LogP contribution in [-0.2, 0) is 27.2 Å². The molecule has 0 bridgehead atoms. The Kier molecular flexibility index (Phi) is 10.6. The number of anilines is 1. The van der Waals surface area contributed by atoms with Crippen LogP contribution < -0.4 is 5.32 Å². The Morgan fingerprint density at radius 1 is 0.850 bits per heavy atom. The van der Waals surface area contributed by atoms with Crippen LogP contribution >= 0.6 is 0 Å². The van der Waals surface area contributed by atoms with Gasteiger partial charge in [-0.25, -0.2) is 4.98 Å². The van der Waals surface area contributed by atoms with Gasteiger partial charge in [0.25, 0.3) is 0 Å². The number of likely N-dealkylation sites (tertiary alicyclic amines) is 1. The predicted molar refractivity (Wildman–Crippen MR) is 158 cm³/mol. The fraction of sp³-hybridized carbons (Fsp3) is 0.394. The van der Waals surface area contributed by atoms with E-state index in [1.807, 2.05) is 92.7 Å². The highest BCUT2D eigenvalue weighted by atomic mass is 16.2. The predicted octanol–water partition coefficient (Wildman–Crippen LogP) is 5.09. The van der Waals surface area contributed by atoms with Gasteiger partial charge in [0.2, 0.25) is 17.7 Å². The van der Waals surface area contributed by atoms with Gasteiger partial charge in [0.05, 0.1) is 12.8 Å².